The van der Waals surface area contributed by atoms with Gasteiger partial charge in [-0.2, -0.15) is 10.5 Å². The minimum atomic E-state index is -0.477. The molecule has 1 aromatic rings. The second-order valence-corrected chi connectivity index (χ2v) is 4.53. The van der Waals surface area contributed by atoms with Crippen molar-refractivity contribution in [2.75, 3.05) is 13.2 Å². The number of hydrogen-bond donors (Lipinski definition) is 0. The van der Waals surface area contributed by atoms with Gasteiger partial charge in [-0.05, 0) is 0 Å². The van der Waals surface area contributed by atoms with Crippen LogP contribution in [0.2, 0.25) is 0 Å². The van der Waals surface area contributed by atoms with Crippen LogP contribution in [0, 0.1) is 28.1 Å². The van der Waals surface area contributed by atoms with Crippen LogP contribution < -0.4 is 0 Å². The van der Waals surface area contributed by atoms with Gasteiger partial charge in [0.1, 0.15) is 0 Å². The summed E-state index contributed by atoms with van der Waals surface area (Å²) in [5.74, 6) is 0. The van der Waals surface area contributed by atoms with E-state index in [9.17, 15) is 0 Å². The Morgan fingerprint density at radius 1 is 1.06 bits per heavy atom. The first kappa shape index (κ1) is 12.6. The molecule has 1 saturated heterocycles. The van der Waals surface area contributed by atoms with E-state index in [2.05, 4.69) is 12.1 Å². The molecule has 0 saturated carbocycles. The van der Waals surface area contributed by atoms with Gasteiger partial charge in [0, 0.05) is 23.8 Å². The Morgan fingerprint density at radius 3 is 2.11 bits per heavy atom. The highest BCUT2D eigenvalue weighted by atomic mass is 16.7. The van der Waals surface area contributed by atoms with Crippen molar-refractivity contribution in [1.82, 2.24) is 0 Å². The lowest BCUT2D eigenvalue weighted by Crippen LogP contribution is -2.38. The minimum Gasteiger partial charge on any atom is -0.348 e. The predicted octanol–water partition coefficient (Wildman–Crippen LogP) is 2.55. The highest BCUT2D eigenvalue weighted by Crippen LogP contribution is 2.36. The van der Waals surface area contributed by atoms with Crippen molar-refractivity contribution >= 4 is 0 Å². The Morgan fingerprint density at radius 2 is 1.61 bits per heavy atom. The summed E-state index contributed by atoms with van der Waals surface area (Å²) in [7, 11) is 0. The highest BCUT2D eigenvalue weighted by molar-refractivity contribution is 5.16. The topological polar surface area (TPSA) is 66.0 Å². The lowest BCUT2D eigenvalue weighted by Gasteiger charge is -2.37. The van der Waals surface area contributed by atoms with Gasteiger partial charge in [-0.15, -0.1) is 0 Å². The second-order valence-electron chi connectivity index (χ2n) is 4.53. The molecular formula is C14H14N2O2. The normalized spacial score (nSPS) is 18.8. The van der Waals surface area contributed by atoms with Gasteiger partial charge in [0.15, 0.2) is 6.29 Å². The van der Waals surface area contributed by atoms with Crippen LogP contribution in [0.1, 0.15) is 24.7 Å². The maximum absolute atomic E-state index is 8.82. The molecule has 4 nitrogen and oxygen atoms in total. The Hall–Kier alpha value is -1.88. The van der Waals surface area contributed by atoms with Gasteiger partial charge < -0.3 is 9.47 Å². The zero-order chi connectivity index (χ0) is 12.8. The number of rotatable bonds is 3. The number of benzene rings is 1. The van der Waals surface area contributed by atoms with Crippen molar-refractivity contribution in [3.8, 4) is 12.1 Å². The zero-order valence-electron chi connectivity index (χ0n) is 10.0. The van der Waals surface area contributed by atoms with E-state index in [4.69, 9.17) is 20.0 Å². The van der Waals surface area contributed by atoms with E-state index in [0.29, 0.717) is 13.2 Å². The van der Waals surface area contributed by atoms with Gasteiger partial charge in [0.25, 0.3) is 0 Å². The molecule has 0 atom stereocenters. The summed E-state index contributed by atoms with van der Waals surface area (Å²) in [5, 5.41) is 17.6. The summed E-state index contributed by atoms with van der Waals surface area (Å²) >= 11 is 0. The molecule has 0 radical (unpaired) electrons. The number of hydrogen-bond acceptors (Lipinski definition) is 4. The van der Waals surface area contributed by atoms with Crippen LogP contribution in [0.5, 0.6) is 0 Å². The summed E-state index contributed by atoms with van der Waals surface area (Å²) in [4.78, 5) is 0. The van der Waals surface area contributed by atoms with Crippen LogP contribution in [0.15, 0.2) is 30.3 Å². The van der Waals surface area contributed by atoms with Crippen molar-refractivity contribution in [1.29, 1.82) is 10.5 Å². The molecule has 1 aliphatic rings. The maximum Gasteiger partial charge on any atom is 0.183 e. The lowest BCUT2D eigenvalue weighted by molar-refractivity contribution is -0.232. The Kier molecular flexibility index (Phi) is 3.94. The third-order valence-corrected chi connectivity index (χ3v) is 3.06. The third kappa shape index (κ3) is 2.68. The molecule has 2 rings (SSSR count). The Balaban J connectivity index is 2.03. The van der Waals surface area contributed by atoms with Crippen molar-refractivity contribution in [3.05, 3.63) is 35.9 Å². The SMILES string of the molecule is N#CCC1(CC#N)COC(c2ccccc2)OC1. The van der Waals surface area contributed by atoms with E-state index in [1.165, 1.54) is 0 Å². The van der Waals surface area contributed by atoms with Crippen LogP contribution >= 0.6 is 0 Å². The number of nitriles is 2. The average Bonchev–Trinajstić information content (AvgIpc) is 2.41. The fourth-order valence-electron chi connectivity index (χ4n) is 2.00. The summed E-state index contributed by atoms with van der Waals surface area (Å²) in [6.45, 7) is 0.765. The second kappa shape index (κ2) is 5.64. The molecule has 0 bridgehead atoms. The molecule has 0 amide bonds. The van der Waals surface area contributed by atoms with Crippen LogP contribution in [-0.4, -0.2) is 13.2 Å². The first-order valence-corrected chi connectivity index (χ1v) is 5.82. The minimum absolute atomic E-state index is 0.280. The standard InChI is InChI=1S/C14H14N2O2/c15-8-6-14(7-9-16)10-17-13(18-11-14)12-4-2-1-3-5-12/h1-5,13H,6-7,10-11H2. The largest absolute Gasteiger partial charge is 0.348 e. The summed E-state index contributed by atoms with van der Waals surface area (Å²) < 4.78 is 11.3. The molecule has 0 aliphatic carbocycles. The molecule has 4 heteroatoms. The van der Waals surface area contributed by atoms with Crippen molar-refractivity contribution in [2.24, 2.45) is 5.41 Å². The molecule has 18 heavy (non-hydrogen) atoms. The van der Waals surface area contributed by atoms with Gasteiger partial charge in [0.2, 0.25) is 0 Å². The van der Waals surface area contributed by atoms with Crippen LogP contribution in [0.3, 0.4) is 0 Å². The van der Waals surface area contributed by atoms with Crippen LogP contribution in [-0.2, 0) is 9.47 Å². The molecule has 92 valence electrons. The molecular weight excluding hydrogens is 228 g/mol. The fourth-order valence-corrected chi connectivity index (χ4v) is 2.00. The van der Waals surface area contributed by atoms with Crippen LogP contribution in [0.25, 0.3) is 0 Å². The zero-order valence-corrected chi connectivity index (χ0v) is 10.0. The molecule has 1 aliphatic heterocycles. The molecule has 0 aromatic heterocycles. The van der Waals surface area contributed by atoms with E-state index in [1.807, 2.05) is 30.3 Å². The van der Waals surface area contributed by atoms with E-state index in [1.54, 1.807) is 0 Å². The highest BCUT2D eigenvalue weighted by Gasteiger charge is 2.37. The first-order valence-electron chi connectivity index (χ1n) is 5.82. The predicted molar refractivity (Wildman–Crippen MR) is 64.0 cm³/mol. The van der Waals surface area contributed by atoms with Gasteiger partial charge in [-0.1, -0.05) is 30.3 Å². The van der Waals surface area contributed by atoms with Gasteiger partial charge in [-0.3, -0.25) is 0 Å². The van der Waals surface area contributed by atoms with Gasteiger partial charge >= 0.3 is 0 Å². The van der Waals surface area contributed by atoms with Crippen molar-refractivity contribution < 1.29 is 9.47 Å². The van der Waals surface area contributed by atoms with Crippen molar-refractivity contribution in [2.45, 2.75) is 19.1 Å². The van der Waals surface area contributed by atoms with E-state index < -0.39 is 11.7 Å². The summed E-state index contributed by atoms with van der Waals surface area (Å²) in [5.41, 5.74) is 0.481. The Labute approximate surface area is 106 Å². The summed E-state index contributed by atoms with van der Waals surface area (Å²) in [6.07, 6.45) is 0.168. The molecule has 0 spiro atoms. The van der Waals surface area contributed by atoms with E-state index >= 15 is 0 Å². The maximum atomic E-state index is 8.82. The number of ether oxygens (including phenoxy) is 2. The monoisotopic (exact) mass is 242 g/mol. The summed E-state index contributed by atoms with van der Waals surface area (Å²) in [6, 6.07) is 13.9. The van der Waals surface area contributed by atoms with Gasteiger partial charge in [0.05, 0.1) is 25.4 Å². The first-order chi connectivity index (χ1) is 8.79. The molecule has 1 fully saturated rings. The quantitative estimate of drug-likeness (QED) is 0.816. The smallest absolute Gasteiger partial charge is 0.183 e. The van der Waals surface area contributed by atoms with Gasteiger partial charge in [-0.25, -0.2) is 0 Å². The number of nitrogens with zero attached hydrogens (tertiary/aromatic N) is 2. The van der Waals surface area contributed by atoms with Crippen LogP contribution in [0.4, 0.5) is 0 Å². The van der Waals surface area contributed by atoms with Crippen molar-refractivity contribution in [3.63, 3.8) is 0 Å². The fraction of sp³-hybridized carbons (Fsp3) is 0.429. The van der Waals surface area contributed by atoms with E-state index in [-0.39, 0.29) is 12.8 Å². The molecule has 0 N–H and O–H groups in total. The Bertz CT molecular complexity index is 447. The van der Waals surface area contributed by atoms with E-state index in [0.717, 1.165) is 5.56 Å². The third-order valence-electron chi connectivity index (χ3n) is 3.06. The molecule has 1 heterocycles. The lowest BCUT2D eigenvalue weighted by atomic mass is 9.83. The average molecular weight is 242 g/mol. The molecule has 0 unspecified atom stereocenters. The molecule has 1 aromatic carbocycles.